The van der Waals surface area contributed by atoms with Gasteiger partial charge in [0.1, 0.15) is 11.6 Å². The average Bonchev–Trinajstić information content (AvgIpc) is 3.27. The summed E-state index contributed by atoms with van der Waals surface area (Å²) in [7, 11) is 0. The van der Waals surface area contributed by atoms with Gasteiger partial charge in [0.15, 0.2) is 0 Å². The monoisotopic (exact) mass is 339 g/mol. The maximum absolute atomic E-state index is 11.2. The summed E-state index contributed by atoms with van der Waals surface area (Å²) in [4.78, 5) is 13.6. The molecule has 1 aliphatic heterocycles. The minimum Gasteiger partial charge on any atom is -0.366 e. The summed E-state index contributed by atoms with van der Waals surface area (Å²) in [5.41, 5.74) is 7.04. The van der Waals surface area contributed by atoms with E-state index in [1.807, 2.05) is 12.1 Å². The van der Waals surface area contributed by atoms with E-state index in [4.69, 9.17) is 5.73 Å². The van der Waals surface area contributed by atoms with Crippen LogP contribution in [-0.4, -0.2) is 32.1 Å². The highest BCUT2D eigenvalue weighted by Crippen LogP contribution is 2.35. The fourth-order valence-electron chi connectivity index (χ4n) is 4.16. The Balaban J connectivity index is 1.49. The van der Waals surface area contributed by atoms with E-state index in [9.17, 15) is 4.79 Å². The van der Waals surface area contributed by atoms with Crippen LogP contribution in [0.4, 0.5) is 0 Å². The van der Waals surface area contributed by atoms with Gasteiger partial charge in [-0.05, 0) is 37.5 Å². The van der Waals surface area contributed by atoms with Gasteiger partial charge in [-0.25, -0.2) is 0 Å². The molecule has 1 aromatic heterocycles. The number of primary amides is 1. The van der Waals surface area contributed by atoms with Gasteiger partial charge in [-0.3, -0.25) is 9.69 Å². The first kappa shape index (κ1) is 16.3. The molecule has 2 aromatic rings. The second kappa shape index (κ2) is 6.59. The van der Waals surface area contributed by atoms with E-state index in [-0.39, 0.29) is 11.9 Å². The molecule has 2 heterocycles. The first-order chi connectivity index (χ1) is 12.1. The summed E-state index contributed by atoms with van der Waals surface area (Å²) in [5.74, 6) is 2.50. The van der Waals surface area contributed by atoms with Gasteiger partial charge in [-0.2, -0.15) is 0 Å². The van der Waals surface area contributed by atoms with Crippen LogP contribution < -0.4 is 5.73 Å². The quantitative estimate of drug-likeness (QED) is 0.929. The lowest BCUT2D eigenvalue weighted by molar-refractivity contribution is 0.1000. The minimum atomic E-state index is -0.384. The van der Waals surface area contributed by atoms with Gasteiger partial charge in [0.2, 0.25) is 5.91 Å². The molecule has 0 bridgehead atoms. The number of amides is 1. The molecule has 1 saturated carbocycles. The van der Waals surface area contributed by atoms with E-state index in [0.29, 0.717) is 11.5 Å². The molecule has 1 unspecified atom stereocenters. The molecule has 1 atom stereocenters. The van der Waals surface area contributed by atoms with Crippen LogP contribution >= 0.6 is 0 Å². The number of benzene rings is 1. The van der Waals surface area contributed by atoms with Crippen LogP contribution in [0, 0.1) is 0 Å². The summed E-state index contributed by atoms with van der Waals surface area (Å²) >= 11 is 0. The van der Waals surface area contributed by atoms with Crippen molar-refractivity contribution in [3.63, 3.8) is 0 Å². The van der Waals surface area contributed by atoms with Gasteiger partial charge in [0.25, 0.3) is 0 Å². The van der Waals surface area contributed by atoms with Crippen molar-refractivity contribution >= 4 is 5.91 Å². The Morgan fingerprint density at radius 1 is 1.12 bits per heavy atom. The third-order valence-electron chi connectivity index (χ3n) is 5.68. The number of hydrogen-bond donors (Lipinski definition) is 1. The zero-order chi connectivity index (χ0) is 17.4. The Labute approximate surface area is 148 Å². The van der Waals surface area contributed by atoms with Crippen LogP contribution in [0.3, 0.4) is 0 Å². The summed E-state index contributed by atoms with van der Waals surface area (Å²) in [5, 5.41) is 9.06. The highest BCUT2D eigenvalue weighted by Gasteiger charge is 2.31. The molecule has 0 spiro atoms. The number of hydrogen-bond acceptors (Lipinski definition) is 4. The lowest BCUT2D eigenvalue weighted by Gasteiger charge is -2.34. The van der Waals surface area contributed by atoms with Gasteiger partial charge >= 0.3 is 0 Å². The Morgan fingerprint density at radius 2 is 1.80 bits per heavy atom. The summed E-state index contributed by atoms with van der Waals surface area (Å²) < 4.78 is 2.35. The SMILES string of the molecule is CC1c2nnc(C3CCCC3)n2CCN1Cc1ccc(C(N)=O)cc1. The van der Waals surface area contributed by atoms with Crippen molar-refractivity contribution in [2.75, 3.05) is 6.54 Å². The van der Waals surface area contributed by atoms with E-state index >= 15 is 0 Å². The summed E-state index contributed by atoms with van der Waals surface area (Å²) in [6.45, 7) is 4.99. The Hall–Kier alpha value is -2.21. The average molecular weight is 339 g/mol. The predicted molar refractivity (Wildman–Crippen MR) is 95.0 cm³/mol. The van der Waals surface area contributed by atoms with Gasteiger partial charge in [0, 0.05) is 31.1 Å². The van der Waals surface area contributed by atoms with Crippen molar-refractivity contribution < 1.29 is 4.79 Å². The molecule has 6 nitrogen and oxygen atoms in total. The number of carbonyl (C=O) groups is 1. The van der Waals surface area contributed by atoms with Gasteiger partial charge in [-0.1, -0.05) is 25.0 Å². The van der Waals surface area contributed by atoms with Crippen molar-refractivity contribution in [2.45, 2.75) is 57.7 Å². The van der Waals surface area contributed by atoms with Crippen molar-refractivity contribution in [1.82, 2.24) is 19.7 Å². The van der Waals surface area contributed by atoms with Gasteiger partial charge in [0.05, 0.1) is 6.04 Å². The first-order valence-corrected chi connectivity index (χ1v) is 9.19. The molecule has 2 aliphatic rings. The van der Waals surface area contributed by atoms with Crippen LogP contribution in [0.2, 0.25) is 0 Å². The number of aromatic nitrogens is 3. The molecule has 1 amide bonds. The maximum Gasteiger partial charge on any atom is 0.248 e. The Kier molecular flexibility index (Phi) is 4.29. The highest BCUT2D eigenvalue weighted by molar-refractivity contribution is 5.92. The molecule has 1 fully saturated rings. The van der Waals surface area contributed by atoms with Crippen LogP contribution in [0.1, 0.15) is 72.1 Å². The van der Waals surface area contributed by atoms with Crippen molar-refractivity contribution in [1.29, 1.82) is 0 Å². The third kappa shape index (κ3) is 3.06. The predicted octanol–water partition coefficient (Wildman–Crippen LogP) is 2.61. The molecule has 6 heteroatoms. The number of nitrogens with two attached hydrogens (primary N) is 1. The Morgan fingerprint density at radius 3 is 2.48 bits per heavy atom. The first-order valence-electron chi connectivity index (χ1n) is 9.19. The van der Waals surface area contributed by atoms with E-state index in [0.717, 1.165) is 25.5 Å². The summed E-state index contributed by atoms with van der Waals surface area (Å²) in [6.07, 6.45) is 5.14. The van der Waals surface area contributed by atoms with E-state index < -0.39 is 0 Å². The number of nitrogens with zero attached hydrogens (tertiary/aromatic N) is 4. The fourth-order valence-corrected chi connectivity index (χ4v) is 4.16. The third-order valence-corrected chi connectivity index (χ3v) is 5.68. The summed E-state index contributed by atoms with van der Waals surface area (Å²) in [6, 6.07) is 7.80. The van der Waals surface area contributed by atoms with E-state index in [2.05, 4.69) is 26.6 Å². The van der Waals surface area contributed by atoms with Crippen LogP contribution in [0.5, 0.6) is 0 Å². The van der Waals surface area contributed by atoms with Crippen molar-refractivity contribution in [3.05, 3.63) is 47.0 Å². The number of rotatable bonds is 4. The number of fused-ring (bicyclic) bond motifs is 1. The molecule has 1 aliphatic carbocycles. The normalized spacial score (nSPS) is 21.4. The standard InChI is InChI=1S/C19H25N5O/c1-13-18-21-22-19(16-4-2-3-5-16)24(18)11-10-23(13)12-14-6-8-15(9-7-14)17(20)25/h6-9,13,16H,2-5,10-12H2,1H3,(H2,20,25). The molecule has 25 heavy (non-hydrogen) atoms. The lowest BCUT2D eigenvalue weighted by Crippen LogP contribution is -2.37. The molecular weight excluding hydrogens is 314 g/mol. The fraction of sp³-hybridized carbons (Fsp3) is 0.526. The molecule has 0 saturated heterocycles. The molecule has 2 N–H and O–H groups in total. The zero-order valence-electron chi connectivity index (χ0n) is 14.7. The maximum atomic E-state index is 11.2. The minimum absolute atomic E-state index is 0.243. The topological polar surface area (TPSA) is 77.0 Å². The zero-order valence-corrected chi connectivity index (χ0v) is 14.7. The van der Waals surface area contributed by atoms with Crippen LogP contribution in [-0.2, 0) is 13.1 Å². The smallest absolute Gasteiger partial charge is 0.248 e. The molecule has 0 radical (unpaired) electrons. The molecule has 132 valence electrons. The van der Waals surface area contributed by atoms with Gasteiger partial charge in [-0.15, -0.1) is 10.2 Å². The second-order valence-corrected chi connectivity index (χ2v) is 7.26. The number of carbonyl (C=O) groups excluding carboxylic acids is 1. The van der Waals surface area contributed by atoms with Crippen LogP contribution in [0.15, 0.2) is 24.3 Å². The van der Waals surface area contributed by atoms with Gasteiger partial charge < -0.3 is 10.3 Å². The second-order valence-electron chi connectivity index (χ2n) is 7.26. The highest BCUT2D eigenvalue weighted by atomic mass is 16.1. The Bertz CT molecular complexity index is 761. The van der Waals surface area contributed by atoms with Crippen molar-refractivity contribution in [2.24, 2.45) is 5.73 Å². The van der Waals surface area contributed by atoms with E-state index in [1.165, 1.54) is 37.1 Å². The van der Waals surface area contributed by atoms with E-state index in [1.54, 1.807) is 12.1 Å². The lowest BCUT2D eigenvalue weighted by atomic mass is 10.1. The molecule has 1 aromatic carbocycles. The molecule has 4 rings (SSSR count). The largest absolute Gasteiger partial charge is 0.366 e. The molecular formula is C19H25N5O. The van der Waals surface area contributed by atoms with Crippen molar-refractivity contribution in [3.8, 4) is 0 Å². The van der Waals surface area contributed by atoms with Crippen LogP contribution in [0.25, 0.3) is 0 Å².